The van der Waals surface area contributed by atoms with Crippen molar-refractivity contribution in [1.29, 1.82) is 0 Å². The van der Waals surface area contributed by atoms with Crippen molar-refractivity contribution in [3.05, 3.63) is 12.7 Å². The van der Waals surface area contributed by atoms with Gasteiger partial charge in [0.15, 0.2) is 17.7 Å². The number of fused-ring (bicyclic) bond motifs is 1. The molecule has 284 valence electrons. The number of phosphoric acid groups is 3. The summed E-state index contributed by atoms with van der Waals surface area (Å²) >= 11 is 0. The van der Waals surface area contributed by atoms with E-state index in [1.807, 2.05) is 0 Å². The molecule has 1 saturated heterocycles. The number of nitrogens with zero attached hydrogens (tertiary/aromatic N) is 4. The van der Waals surface area contributed by atoms with Crippen LogP contribution < -0.4 is 35.9 Å². The van der Waals surface area contributed by atoms with Gasteiger partial charge in [0, 0.05) is 24.9 Å². The maximum Gasteiger partial charge on any atom is 0.274 e. The number of aromatic nitrogens is 4. The van der Waals surface area contributed by atoms with Crippen LogP contribution in [0, 0.1) is 5.41 Å². The number of carbonyl (C=O) groups excluding carboxylic acids is 2. The highest BCUT2D eigenvalue weighted by molar-refractivity contribution is 7.59. The largest absolute Gasteiger partial charge is 0.790 e. The summed E-state index contributed by atoms with van der Waals surface area (Å²) in [6.45, 7) is 1.68. The number of amides is 2. The fourth-order valence-electron chi connectivity index (χ4n) is 4.34. The van der Waals surface area contributed by atoms with Crippen molar-refractivity contribution in [2.45, 2.75) is 70.4 Å². The van der Waals surface area contributed by atoms with Crippen LogP contribution >= 0.6 is 23.5 Å². The number of nitrogen functional groups attached to an aromatic ring is 1. The highest BCUT2D eigenvalue weighted by Crippen LogP contribution is 2.56. The summed E-state index contributed by atoms with van der Waals surface area (Å²) in [4.78, 5) is 83.3. The minimum absolute atomic E-state index is 0.0190. The summed E-state index contributed by atoms with van der Waals surface area (Å²) in [7, 11) is -17.5. The third-order valence-corrected chi connectivity index (χ3v) is 9.95. The van der Waals surface area contributed by atoms with Gasteiger partial charge in [0.1, 0.15) is 36.3 Å². The van der Waals surface area contributed by atoms with E-state index in [0.29, 0.717) is 6.42 Å². The fraction of sp³-hybridized carbons (Fsp3) is 0.696. The summed E-state index contributed by atoms with van der Waals surface area (Å²) < 4.78 is 60.2. The van der Waals surface area contributed by atoms with Crippen LogP contribution in [-0.2, 0) is 45.9 Å². The fourth-order valence-corrected chi connectivity index (χ4v) is 7.07. The van der Waals surface area contributed by atoms with E-state index in [1.165, 1.54) is 13.8 Å². The van der Waals surface area contributed by atoms with E-state index in [9.17, 15) is 58.2 Å². The van der Waals surface area contributed by atoms with Crippen molar-refractivity contribution in [2.24, 2.45) is 5.41 Å². The Kier molecular flexibility index (Phi) is 14.2. The summed E-state index contributed by atoms with van der Waals surface area (Å²) in [6.07, 6.45) is -7.83. The highest BCUT2D eigenvalue weighted by Gasteiger charge is 2.47. The first-order valence-electron chi connectivity index (χ1n) is 14.5. The average Bonchev–Trinajstić information content (AvgIpc) is 3.54. The molecule has 8 unspecified atom stereocenters. The molecule has 0 radical (unpaired) electrons. The minimum atomic E-state index is -5.90. The van der Waals surface area contributed by atoms with E-state index in [-0.39, 0.29) is 36.5 Å². The molecular formula is C23H36N7O17P3-4. The van der Waals surface area contributed by atoms with Crippen molar-refractivity contribution >= 4 is 52.3 Å². The Hall–Kier alpha value is -2.50. The van der Waals surface area contributed by atoms with Crippen LogP contribution in [-0.4, -0.2) is 103 Å². The number of nitrogens with two attached hydrogens (primary N) is 1. The first-order valence-corrected chi connectivity index (χ1v) is 18.9. The molecule has 1 aliphatic rings. The van der Waals surface area contributed by atoms with E-state index < -0.39 is 90.7 Å². The molecule has 2 amide bonds. The van der Waals surface area contributed by atoms with E-state index in [4.69, 9.17) is 10.5 Å². The van der Waals surface area contributed by atoms with E-state index in [2.05, 4.69) is 43.5 Å². The molecule has 3 heterocycles. The number of nitrogens with one attached hydrogen (secondary N) is 2. The second-order valence-corrected chi connectivity index (χ2v) is 15.7. The van der Waals surface area contributed by atoms with Crippen molar-refractivity contribution in [3.63, 3.8) is 0 Å². The van der Waals surface area contributed by atoms with Gasteiger partial charge in [-0.3, -0.25) is 23.3 Å². The lowest BCUT2D eigenvalue weighted by molar-refractivity contribution is -0.347. The number of rotatable bonds is 19. The van der Waals surface area contributed by atoms with Crippen molar-refractivity contribution < 1.29 is 80.8 Å². The second kappa shape index (κ2) is 16.9. The van der Waals surface area contributed by atoms with Gasteiger partial charge < -0.3 is 74.1 Å². The molecule has 1 fully saturated rings. The smallest absolute Gasteiger partial charge is 0.274 e. The molecule has 2 aromatic heterocycles. The number of anilines is 1. The third-order valence-electron chi connectivity index (χ3n) is 6.94. The Labute approximate surface area is 283 Å². The molecule has 2 aromatic rings. The molecule has 3 rings (SSSR count). The normalized spacial score (nSPS) is 23.6. The SMILES string of the molecule is CC(O)CCNC(=O)CCNC(=O)C(O)C(C)(C)COP(=O)([O-])OP(=O)([O-])OCC1OC(n2cnc3c(N)ncnc32)C(O)C1OP(=O)([O-])[O-]. The Morgan fingerprint density at radius 1 is 1.08 bits per heavy atom. The van der Waals surface area contributed by atoms with Crippen LogP contribution in [0.4, 0.5) is 5.82 Å². The maximum atomic E-state index is 12.4. The molecule has 0 aliphatic carbocycles. The molecule has 24 nitrogen and oxygen atoms in total. The van der Waals surface area contributed by atoms with Gasteiger partial charge >= 0.3 is 0 Å². The van der Waals surface area contributed by atoms with Crippen molar-refractivity contribution in [2.75, 3.05) is 32.0 Å². The average molecular weight is 775 g/mol. The van der Waals surface area contributed by atoms with Gasteiger partial charge in [0.2, 0.25) is 11.8 Å². The van der Waals surface area contributed by atoms with Crippen LogP contribution in [0.3, 0.4) is 0 Å². The quantitative estimate of drug-likeness (QED) is 0.0734. The second-order valence-electron chi connectivity index (χ2n) is 11.6. The lowest BCUT2D eigenvalue weighted by Crippen LogP contribution is -2.46. The lowest BCUT2D eigenvalue weighted by atomic mass is 9.87. The molecule has 8 atom stereocenters. The molecule has 0 bridgehead atoms. The van der Waals surface area contributed by atoms with Gasteiger partial charge in [-0.2, -0.15) is 0 Å². The monoisotopic (exact) mass is 775 g/mol. The van der Waals surface area contributed by atoms with Crippen LogP contribution in [0.5, 0.6) is 0 Å². The molecule has 7 N–H and O–H groups in total. The molecule has 1 aliphatic heterocycles. The number of hydrogen-bond acceptors (Lipinski definition) is 21. The minimum Gasteiger partial charge on any atom is -0.790 e. The van der Waals surface area contributed by atoms with E-state index in [1.54, 1.807) is 6.92 Å². The molecule has 50 heavy (non-hydrogen) atoms. The van der Waals surface area contributed by atoms with Crippen LogP contribution in [0.25, 0.3) is 11.2 Å². The van der Waals surface area contributed by atoms with Gasteiger partial charge in [-0.05, 0) is 13.3 Å². The number of hydrogen-bond donors (Lipinski definition) is 6. The zero-order valence-electron chi connectivity index (χ0n) is 26.6. The van der Waals surface area contributed by atoms with Crippen LogP contribution in [0.1, 0.15) is 39.8 Å². The predicted molar refractivity (Wildman–Crippen MR) is 157 cm³/mol. The number of ether oxygens (including phenoxy) is 1. The topological polar surface area (TPSA) is 378 Å². The standard InChI is InChI=1S/C23H40N7O17P3/c1-12(31)4-6-25-14(32)5-7-26-21(35)18(34)23(2,3)9-44-50(41,42)47-49(39,40)43-8-13-17(46-48(36,37)38)16(33)22(45-13)30-11-29-15-19(24)27-10-28-20(15)30/h10-13,16-18,22,31,33-34H,4-9H2,1-3H3,(H,25,32)(H,26,35)(H,39,40)(H,41,42)(H2,24,27,28)(H2,36,37,38)/p-4. The molecule has 0 saturated carbocycles. The number of phosphoric ester groups is 3. The first kappa shape index (κ1) is 41.9. The lowest BCUT2D eigenvalue weighted by Gasteiger charge is -2.36. The molecule has 0 spiro atoms. The highest BCUT2D eigenvalue weighted by atomic mass is 31.3. The molecule has 27 heteroatoms. The van der Waals surface area contributed by atoms with Crippen molar-refractivity contribution in [1.82, 2.24) is 30.2 Å². The summed E-state index contributed by atoms with van der Waals surface area (Å²) in [5.74, 6) is -1.53. The van der Waals surface area contributed by atoms with Gasteiger partial charge in [-0.25, -0.2) is 19.3 Å². The van der Waals surface area contributed by atoms with E-state index >= 15 is 0 Å². The molecule has 0 aromatic carbocycles. The van der Waals surface area contributed by atoms with Gasteiger partial charge in [-0.15, -0.1) is 0 Å². The first-order chi connectivity index (χ1) is 23.0. The van der Waals surface area contributed by atoms with E-state index in [0.717, 1.165) is 17.2 Å². The number of aliphatic hydroxyl groups is 3. The van der Waals surface area contributed by atoms with Gasteiger partial charge in [0.25, 0.3) is 15.6 Å². The van der Waals surface area contributed by atoms with Gasteiger partial charge in [0.05, 0.1) is 33.5 Å². The number of aliphatic hydroxyl groups excluding tert-OH is 3. The van der Waals surface area contributed by atoms with Crippen molar-refractivity contribution in [3.8, 4) is 0 Å². The number of carbonyl (C=O) groups is 2. The Bertz CT molecular complexity index is 1640. The predicted octanol–water partition coefficient (Wildman–Crippen LogP) is -4.35. The Morgan fingerprint density at radius 3 is 2.38 bits per heavy atom. The zero-order valence-corrected chi connectivity index (χ0v) is 29.3. The summed E-state index contributed by atoms with van der Waals surface area (Å²) in [5.41, 5.74) is 4.08. The number of imidazole rings is 1. The summed E-state index contributed by atoms with van der Waals surface area (Å²) in [6, 6.07) is 0. The van der Waals surface area contributed by atoms with Crippen LogP contribution in [0.2, 0.25) is 0 Å². The third kappa shape index (κ3) is 12.0. The maximum absolute atomic E-state index is 12.4. The van der Waals surface area contributed by atoms with Gasteiger partial charge in [-0.1, -0.05) is 13.8 Å². The zero-order chi connectivity index (χ0) is 37.7. The molecular weight excluding hydrogens is 739 g/mol. The Morgan fingerprint density at radius 2 is 1.74 bits per heavy atom. The Balaban J connectivity index is 1.57. The van der Waals surface area contributed by atoms with Crippen LogP contribution in [0.15, 0.2) is 12.7 Å². The summed E-state index contributed by atoms with van der Waals surface area (Å²) in [5, 5.41) is 35.2.